The number of aliphatic hydroxyl groups is 1. The second-order valence-corrected chi connectivity index (χ2v) is 5.15. The first kappa shape index (κ1) is 14.7. The molecule has 0 saturated heterocycles. The predicted molar refractivity (Wildman–Crippen MR) is 68.0 cm³/mol. The monoisotopic (exact) mass is 248 g/mol. The fourth-order valence-electron chi connectivity index (χ4n) is 1.08. The number of halogens is 1. The van der Waals surface area contributed by atoms with E-state index in [1.807, 2.05) is 6.07 Å². The molecule has 0 aliphatic rings. The summed E-state index contributed by atoms with van der Waals surface area (Å²) in [7, 11) is 1.37. The van der Waals surface area contributed by atoms with Crippen LogP contribution in [0.1, 0.15) is 33.3 Å². The molecule has 18 heavy (non-hydrogen) atoms. The molecule has 1 N–H and O–H groups in total. The van der Waals surface area contributed by atoms with Crippen molar-refractivity contribution in [3.8, 4) is 6.07 Å². The first-order valence-corrected chi connectivity index (χ1v) is 5.60. The molecule has 3 nitrogen and oxygen atoms in total. The molecule has 0 spiro atoms. The maximum atomic E-state index is 13.0. The zero-order chi connectivity index (χ0) is 14.0. The van der Waals surface area contributed by atoms with Crippen LogP contribution in [0.4, 0.5) is 4.39 Å². The molecular formula is C13H16BFNO2. The topological polar surface area (TPSA) is 53.2 Å². The van der Waals surface area contributed by atoms with Crippen molar-refractivity contribution in [3.63, 3.8) is 0 Å². The van der Waals surface area contributed by atoms with E-state index in [0.717, 1.165) is 6.07 Å². The molecule has 1 radical (unpaired) electrons. The Morgan fingerprint density at radius 2 is 1.94 bits per heavy atom. The minimum atomic E-state index is -1.05. The lowest BCUT2D eigenvalue weighted by Gasteiger charge is -2.37. The minimum Gasteiger partial charge on any atom is -0.427 e. The van der Waals surface area contributed by atoms with Gasteiger partial charge in [0.15, 0.2) is 0 Å². The Balaban J connectivity index is 2.85. The van der Waals surface area contributed by atoms with Crippen molar-refractivity contribution >= 4 is 12.9 Å². The fraction of sp³-hybridized carbons (Fsp3) is 0.462. The molecule has 0 unspecified atom stereocenters. The van der Waals surface area contributed by atoms with Crippen molar-refractivity contribution in [1.29, 1.82) is 5.26 Å². The lowest BCUT2D eigenvalue weighted by atomic mass is 9.80. The molecule has 1 rings (SSSR count). The molecule has 0 atom stereocenters. The van der Waals surface area contributed by atoms with Crippen molar-refractivity contribution in [3.05, 3.63) is 29.6 Å². The van der Waals surface area contributed by atoms with Crippen LogP contribution in [0.3, 0.4) is 0 Å². The fourth-order valence-corrected chi connectivity index (χ4v) is 1.08. The van der Waals surface area contributed by atoms with Gasteiger partial charge in [-0.3, -0.25) is 0 Å². The maximum Gasteiger partial charge on any atom is 0.332 e. The first-order valence-electron chi connectivity index (χ1n) is 5.60. The van der Waals surface area contributed by atoms with Crippen LogP contribution in [0.25, 0.3) is 0 Å². The molecule has 1 aromatic carbocycles. The van der Waals surface area contributed by atoms with Gasteiger partial charge in [-0.05, 0) is 45.3 Å². The lowest BCUT2D eigenvalue weighted by molar-refractivity contribution is -0.0893. The van der Waals surface area contributed by atoms with Gasteiger partial charge in [0.1, 0.15) is 5.82 Å². The summed E-state index contributed by atoms with van der Waals surface area (Å²) in [6.45, 7) is 6.74. The van der Waals surface area contributed by atoms with Crippen molar-refractivity contribution in [2.75, 3.05) is 0 Å². The Labute approximate surface area is 107 Å². The van der Waals surface area contributed by atoms with Crippen LogP contribution in [-0.2, 0) is 4.65 Å². The summed E-state index contributed by atoms with van der Waals surface area (Å²) >= 11 is 0. The van der Waals surface area contributed by atoms with Crippen molar-refractivity contribution in [2.24, 2.45) is 0 Å². The smallest absolute Gasteiger partial charge is 0.332 e. The number of hydrogen-bond acceptors (Lipinski definition) is 3. The van der Waals surface area contributed by atoms with Gasteiger partial charge >= 0.3 is 7.48 Å². The Bertz CT molecular complexity index is 475. The van der Waals surface area contributed by atoms with E-state index in [-0.39, 0.29) is 5.56 Å². The van der Waals surface area contributed by atoms with Crippen molar-refractivity contribution in [1.82, 2.24) is 0 Å². The quantitative estimate of drug-likeness (QED) is 0.821. The van der Waals surface area contributed by atoms with Crippen LogP contribution in [0.2, 0.25) is 0 Å². The summed E-state index contributed by atoms with van der Waals surface area (Å²) in [6.07, 6.45) is 0. The zero-order valence-electron chi connectivity index (χ0n) is 11.0. The SMILES string of the molecule is CC(C)(O)C(C)(C)O[B]c1ccc(F)cc1C#N. The molecule has 0 aliphatic carbocycles. The van der Waals surface area contributed by atoms with E-state index in [1.165, 1.54) is 19.6 Å². The number of hydrogen-bond donors (Lipinski definition) is 1. The Morgan fingerprint density at radius 3 is 2.44 bits per heavy atom. The molecule has 5 heteroatoms. The largest absolute Gasteiger partial charge is 0.427 e. The van der Waals surface area contributed by atoms with Crippen LogP contribution in [0.15, 0.2) is 18.2 Å². The van der Waals surface area contributed by atoms with E-state index in [2.05, 4.69) is 0 Å². The molecule has 0 aliphatic heterocycles. The van der Waals surface area contributed by atoms with Gasteiger partial charge in [0.2, 0.25) is 0 Å². The van der Waals surface area contributed by atoms with Gasteiger partial charge in [-0.2, -0.15) is 5.26 Å². The van der Waals surface area contributed by atoms with E-state index in [0.29, 0.717) is 5.46 Å². The summed E-state index contributed by atoms with van der Waals surface area (Å²) in [6, 6.07) is 5.77. The highest BCUT2D eigenvalue weighted by Crippen LogP contribution is 2.24. The Morgan fingerprint density at radius 1 is 1.33 bits per heavy atom. The van der Waals surface area contributed by atoms with Crippen molar-refractivity contribution < 1.29 is 14.2 Å². The van der Waals surface area contributed by atoms with E-state index in [1.54, 1.807) is 27.7 Å². The molecule has 0 fully saturated rings. The second-order valence-electron chi connectivity index (χ2n) is 5.15. The Kier molecular flexibility index (Phi) is 4.15. The average Bonchev–Trinajstić information content (AvgIpc) is 2.25. The van der Waals surface area contributed by atoms with Gasteiger partial charge in [-0.1, -0.05) is 6.07 Å². The van der Waals surface area contributed by atoms with Gasteiger partial charge < -0.3 is 9.76 Å². The van der Waals surface area contributed by atoms with E-state index >= 15 is 0 Å². The Hall–Kier alpha value is -1.38. The zero-order valence-corrected chi connectivity index (χ0v) is 11.0. The highest BCUT2D eigenvalue weighted by atomic mass is 19.1. The summed E-state index contributed by atoms with van der Waals surface area (Å²) in [5.41, 5.74) is -1.19. The molecular weight excluding hydrogens is 232 g/mol. The predicted octanol–water partition coefficient (Wildman–Crippen LogP) is 1.51. The van der Waals surface area contributed by atoms with Gasteiger partial charge in [0.25, 0.3) is 0 Å². The van der Waals surface area contributed by atoms with Crippen LogP contribution in [0.5, 0.6) is 0 Å². The average molecular weight is 248 g/mol. The van der Waals surface area contributed by atoms with E-state index in [4.69, 9.17) is 9.92 Å². The third kappa shape index (κ3) is 3.31. The molecule has 95 valence electrons. The molecule has 0 amide bonds. The lowest BCUT2D eigenvalue weighted by Crippen LogP contribution is -2.49. The van der Waals surface area contributed by atoms with Gasteiger partial charge in [0, 0.05) is 0 Å². The summed E-state index contributed by atoms with van der Waals surface area (Å²) in [5.74, 6) is -0.467. The maximum absolute atomic E-state index is 13.0. The van der Waals surface area contributed by atoms with Crippen LogP contribution < -0.4 is 5.46 Å². The first-order chi connectivity index (χ1) is 8.17. The number of nitriles is 1. The number of rotatable bonds is 4. The third-order valence-corrected chi connectivity index (χ3v) is 3.09. The third-order valence-electron chi connectivity index (χ3n) is 3.09. The van der Waals surface area contributed by atoms with Crippen LogP contribution >= 0.6 is 0 Å². The minimum absolute atomic E-state index is 0.196. The highest BCUT2D eigenvalue weighted by molar-refractivity contribution is 6.48. The summed E-state index contributed by atoms with van der Waals surface area (Å²) in [4.78, 5) is 0. The van der Waals surface area contributed by atoms with Crippen LogP contribution in [0, 0.1) is 17.1 Å². The summed E-state index contributed by atoms with van der Waals surface area (Å²) in [5, 5.41) is 18.8. The molecule has 0 saturated carbocycles. The van der Waals surface area contributed by atoms with E-state index in [9.17, 15) is 9.50 Å². The standard InChI is InChI=1S/C13H16BFNO2/c1-12(2,17)13(3,4)18-14-11-6-5-10(15)7-9(11)8-16/h5-7,17H,1-4H3. The molecule has 0 heterocycles. The summed E-state index contributed by atoms with van der Waals surface area (Å²) < 4.78 is 18.5. The highest BCUT2D eigenvalue weighted by Gasteiger charge is 2.35. The molecule has 1 aromatic rings. The second kappa shape index (κ2) is 5.09. The number of benzene rings is 1. The number of nitrogens with zero attached hydrogens (tertiary/aromatic N) is 1. The van der Waals surface area contributed by atoms with Crippen LogP contribution in [-0.4, -0.2) is 23.8 Å². The molecule has 0 aromatic heterocycles. The van der Waals surface area contributed by atoms with Gasteiger partial charge in [-0.25, -0.2) is 4.39 Å². The van der Waals surface area contributed by atoms with Crippen molar-refractivity contribution in [2.45, 2.75) is 38.9 Å². The normalized spacial score (nSPS) is 12.1. The van der Waals surface area contributed by atoms with Gasteiger partial charge in [0.05, 0.1) is 22.8 Å². The van der Waals surface area contributed by atoms with E-state index < -0.39 is 17.0 Å². The molecule has 0 bridgehead atoms. The van der Waals surface area contributed by atoms with Gasteiger partial charge in [-0.15, -0.1) is 0 Å².